The number of hydrogen-bond acceptors (Lipinski definition) is 7. The van der Waals surface area contributed by atoms with Crippen LogP contribution in [0.1, 0.15) is 49.4 Å². The van der Waals surface area contributed by atoms with Crippen LogP contribution in [0.5, 0.6) is 0 Å². The molecule has 0 aliphatic heterocycles. The molecule has 180 valence electrons. The van der Waals surface area contributed by atoms with Crippen molar-refractivity contribution in [2.24, 2.45) is 5.92 Å². The van der Waals surface area contributed by atoms with Crippen LogP contribution >= 0.6 is 11.6 Å². The second-order valence-electron chi connectivity index (χ2n) is 9.60. The highest BCUT2D eigenvalue weighted by molar-refractivity contribution is 6.29. The Kier molecular flexibility index (Phi) is 5.14. The monoisotopic (exact) mass is 489 g/mol. The summed E-state index contributed by atoms with van der Waals surface area (Å²) in [6.45, 7) is 0.355. The molecule has 10 nitrogen and oxygen atoms in total. The molecule has 2 bridgehead atoms. The van der Waals surface area contributed by atoms with Gasteiger partial charge in [-0.2, -0.15) is 10.2 Å². The van der Waals surface area contributed by atoms with Gasteiger partial charge in [-0.05, 0) is 44.1 Å². The molecule has 4 saturated carbocycles. The summed E-state index contributed by atoms with van der Waals surface area (Å²) in [5.41, 5.74) is 1.98. The number of amides is 1. The first-order valence-corrected chi connectivity index (χ1v) is 11.8. The number of halogens is 2. The highest BCUT2D eigenvalue weighted by atomic mass is 35.5. The molecule has 3 aromatic heterocycles. The first kappa shape index (κ1) is 21.6. The van der Waals surface area contributed by atoms with Crippen molar-refractivity contribution < 1.29 is 18.7 Å². The highest BCUT2D eigenvalue weighted by Crippen LogP contribution is 2.57. The number of ether oxygens (including phenoxy) is 2. The van der Waals surface area contributed by atoms with E-state index in [0.717, 1.165) is 30.9 Å². The molecule has 34 heavy (non-hydrogen) atoms. The molecule has 7 rings (SSSR count). The van der Waals surface area contributed by atoms with Crippen LogP contribution in [-0.4, -0.2) is 55.8 Å². The van der Waals surface area contributed by atoms with Crippen molar-refractivity contribution >= 4 is 34.8 Å². The highest BCUT2D eigenvalue weighted by Gasteiger charge is 2.58. The van der Waals surface area contributed by atoms with Gasteiger partial charge in [0.1, 0.15) is 22.9 Å². The molecule has 4 aliphatic carbocycles. The number of rotatable bonds is 7. The Labute approximate surface area is 199 Å². The number of alkyl carbamates (subject to hydrolysis) is 1. The minimum Gasteiger partial charge on any atom is -0.443 e. The fourth-order valence-corrected chi connectivity index (χ4v) is 5.60. The molecule has 1 amide bonds. The Morgan fingerprint density at radius 3 is 2.91 bits per heavy atom. The Morgan fingerprint density at radius 2 is 2.18 bits per heavy atom. The number of nitrogens with one attached hydrogen (secondary N) is 3. The summed E-state index contributed by atoms with van der Waals surface area (Å²) in [6, 6.07) is 3.59. The van der Waals surface area contributed by atoms with E-state index in [1.54, 1.807) is 23.9 Å². The Hall–Kier alpha value is -2.92. The summed E-state index contributed by atoms with van der Waals surface area (Å²) >= 11 is 6.15. The van der Waals surface area contributed by atoms with Crippen LogP contribution in [0.4, 0.5) is 20.8 Å². The maximum Gasteiger partial charge on any atom is 0.407 e. The van der Waals surface area contributed by atoms with E-state index in [4.69, 9.17) is 21.1 Å². The van der Waals surface area contributed by atoms with Crippen LogP contribution in [0, 0.1) is 5.92 Å². The average molecular weight is 490 g/mol. The molecule has 0 aromatic carbocycles. The zero-order chi connectivity index (χ0) is 23.4. The number of carbonyl (C=O) groups excluding carboxylic acids is 1. The van der Waals surface area contributed by atoms with Gasteiger partial charge < -0.3 is 20.1 Å². The lowest BCUT2D eigenvalue weighted by molar-refractivity contribution is -0.0532. The fourth-order valence-electron chi connectivity index (χ4n) is 5.42. The summed E-state index contributed by atoms with van der Waals surface area (Å²) in [5.74, 6) is 1.24. The molecule has 3 atom stereocenters. The van der Waals surface area contributed by atoms with Crippen molar-refractivity contribution in [1.29, 1.82) is 0 Å². The molecule has 0 radical (unpaired) electrons. The van der Waals surface area contributed by atoms with Crippen LogP contribution in [-0.2, 0) is 16.1 Å². The largest absolute Gasteiger partial charge is 0.443 e. The lowest BCUT2D eigenvalue weighted by Gasteiger charge is -2.61. The van der Waals surface area contributed by atoms with E-state index in [2.05, 4.69) is 30.9 Å². The molecular formula is C22H25ClFN7O3. The normalized spacial score (nSPS) is 29.5. The Bertz CT molecular complexity index is 1230. The number of H-pyrrole nitrogens is 1. The van der Waals surface area contributed by atoms with E-state index >= 15 is 4.39 Å². The molecule has 0 unspecified atom stereocenters. The number of anilines is 2. The number of alkyl halides is 1. The van der Waals surface area contributed by atoms with E-state index in [-0.39, 0.29) is 10.7 Å². The van der Waals surface area contributed by atoms with Crippen molar-refractivity contribution in [2.75, 3.05) is 12.4 Å². The summed E-state index contributed by atoms with van der Waals surface area (Å²) in [6.07, 6.45) is 3.07. The van der Waals surface area contributed by atoms with Crippen molar-refractivity contribution in [3.05, 3.63) is 34.9 Å². The van der Waals surface area contributed by atoms with Gasteiger partial charge >= 0.3 is 6.09 Å². The van der Waals surface area contributed by atoms with Gasteiger partial charge in [0.15, 0.2) is 11.6 Å². The van der Waals surface area contributed by atoms with Gasteiger partial charge in [-0.25, -0.2) is 18.7 Å². The first-order chi connectivity index (χ1) is 16.4. The number of hydrogen-bond donors (Lipinski definition) is 3. The van der Waals surface area contributed by atoms with E-state index in [0.29, 0.717) is 42.3 Å². The third-order valence-electron chi connectivity index (χ3n) is 7.18. The van der Waals surface area contributed by atoms with Crippen molar-refractivity contribution in [3.8, 4) is 0 Å². The third kappa shape index (κ3) is 3.76. The van der Waals surface area contributed by atoms with Gasteiger partial charge in [-0.3, -0.25) is 5.10 Å². The number of aromatic amines is 1. The molecule has 3 N–H and O–H groups in total. The van der Waals surface area contributed by atoms with Crippen molar-refractivity contribution in [3.63, 3.8) is 0 Å². The molecule has 3 aromatic rings. The Morgan fingerprint density at radius 1 is 1.35 bits per heavy atom. The standard InChI is InChI=1S/C22H25ClFN7O3/c1-33-10-12-4-15-20(25-17(23)9-31(15)30-12)26-18-5-14(28-29-18)13-2-3-16(19(13)24)34-21(32)27-22-6-11(7-22)8-22/h4-5,9,11,13,16,19H,2-3,6-8,10H2,1H3,(H,27,32)(H2,25,26,28,29)/t11?,13-,16-,19-,22?/m1/s1. The minimum absolute atomic E-state index is 0.0882. The fraction of sp³-hybridized carbons (Fsp3) is 0.545. The predicted octanol–water partition coefficient (Wildman–Crippen LogP) is 3.86. The second-order valence-corrected chi connectivity index (χ2v) is 9.99. The van der Waals surface area contributed by atoms with Crippen LogP contribution in [0.3, 0.4) is 0 Å². The molecule has 12 heteroatoms. The summed E-state index contributed by atoms with van der Waals surface area (Å²) < 4.78 is 27.4. The average Bonchev–Trinajstić information content (AvgIpc) is 3.44. The number of fused-ring (bicyclic) bond motifs is 1. The van der Waals surface area contributed by atoms with Crippen LogP contribution in [0.2, 0.25) is 5.15 Å². The molecule has 3 heterocycles. The van der Waals surface area contributed by atoms with Crippen LogP contribution < -0.4 is 10.6 Å². The second kappa shape index (κ2) is 8.09. The van der Waals surface area contributed by atoms with E-state index in [9.17, 15) is 4.79 Å². The van der Waals surface area contributed by atoms with Gasteiger partial charge in [0, 0.05) is 30.3 Å². The molecule has 4 fully saturated rings. The number of nitrogens with zero attached hydrogens (tertiary/aromatic N) is 4. The number of aromatic nitrogens is 5. The maximum absolute atomic E-state index is 15.2. The lowest BCUT2D eigenvalue weighted by atomic mass is 9.50. The van der Waals surface area contributed by atoms with E-state index in [1.807, 2.05) is 6.07 Å². The van der Waals surface area contributed by atoms with Gasteiger partial charge in [-0.15, -0.1) is 0 Å². The molecule has 4 aliphatic rings. The topological polar surface area (TPSA) is 118 Å². The van der Waals surface area contributed by atoms with Crippen molar-refractivity contribution in [2.45, 2.75) is 62.4 Å². The molecule has 0 saturated heterocycles. The quantitative estimate of drug-likeness (QED) is 0.461. The SMILES string of the molecule is COCc1cc2c(Nc3cc([C@H]4CC[C@@H](OC(=O)NC56CC(C5)C6)[C@@H]4F)[nH]n3)nc(Cl)cn2n1. The summed E-state index contributed by atoms with van der Waals surface area (Å²) in [4.78, 5) is 16.6. The van der Waals surface area contributed by atoms with Crippen molar-refractivity contribution in [1.82, 2.24) is 30.1 Å². The van der Waals surface area contributed by atoms with Gasteiger partial charge in [-0.1, -0.05) is 11.6 Å². The summed E-state index contributed by atoms with van der Waals surface area (Å²) in [7, 11) is 1.60. The van der Waals surface area contributed by atoms with Gasteiger partial charge in [0.05, 0.1) is 18.5 Å². The zero-order valence-electron chi connectivity index (χ0n) is 18.6. The van der Waals surface area contributed by atoms with E-state index in [1.165, 1.54) is 0 Å². The smallest absolute Gasteiger partial charge is 0.407 e. The van der Waals surface area contributed by atoms with Crippen LogP contribution in [0.15, 0.2) is 18.3 Å². The van der Waals surface area contributed by atoms with Gasteiger partial charge in [0.2, 0.25) is 0 Å². The Balaban J connectivity index is 1.12. The number of methoxy groups -OCH3 is 1. The predicted molar refractivity (Wildman–Crippen MR) is 121 cm³/mol. The third-order valence-corrected chi connectivity index (χ3v) is 7.36. The first-order valence-electron chi connectivity index (χ1n) is 11.4. The zero-order valence-corrected chi connectivity index (χ0v) is 19.3. The maximum atomic E-state index is 15.2. The molecule has 0 spiro atoms. The number of carbonyl (C=O) groups is 1. The van der Waals surface area contributed by atoms with E-state index < -0.39 is 24.3 Å². The minimum atomic E-state index is -1.31. The van der Waals surface area contributed by atoms with Gasteiger partial charge in [0.25, 0.3) is 0 Å². The van der Waals surface area contributed by atoms with Crippen LogP contribution in [0.25, 0.3) is 5.52 Å². The molecular weight excluding hydrogens is 465 g/mol. The lowest BCUT2D eigenvalue weighted by Crippen LogP contribution is -2.68. The summed E-state index contributed by atoms with van der Waals surface area (Å²) in [5, 5.41) is 17.9.